The van der Waals surface area contributed by atoms with Crippen LogP contribution in [0, 0.1) is 5.92 Å². The molecule has 3 aliphatic rings. The Balaban J connectivity index is 1.46. The van der Waals surface area contributed by atoms with Crippen molar-refractivity contribution < 1.29 is 17.6 Å². The maximum atomic E-state index is 12.5. The summed E-state index contributed by atoms with van der Waals surface area (Å²) in [6.45, 7) is 3.16. The van der Waals surface area contributed by atoms with Crippen molar-refractivity contribution in [1.29, 1.82) is 0 Å². The molecule has 0 saturated carbocycles. The Morgan fingerprint density at radius 2 is 1.81 bits per heavy atom. The Bertz CT molecular complexity index is 928. The average Bonchev–Trinajstić information content (AvgIpc) is 3.19. The van der Waals surface area contributed by atoms with Gasteiger partial charge in [-0.2, -0.15) is 0 Å². The molecule has 144 valence electrons. The molecular weight excluding hydrogens is 366 g/mol. The second kappa shape index (κ2) is 7.10. The van der Waals surface area contributed by atoms with Gasteiger partial charge in [0.25, 0.3) is 5.91 Å². The summed E-state index contributed by atoms with van der Waals surface area (Å²) in [5, 5.41) is 3.11. The van der Waals surface area contributed by atoms with Crippen molar-refractivity contribution in [3.8, 4) is 11.3 Å². The first kappa shape index (κ1) is 18.2. The molecule has 8 heteroatoms. The summed E-state index contributed by atoms with van der Waals surface area (Å²) in [5.74, 6) is 1.15. The molecular formula is C19H23N3O4S. The van der Waals surface area contributed by atoms with Crippen LogP contribution in [-0.4, -0.2) is 51.9 Å². The van der Waals surface area contributed by atoms with Crippen LogP contribution < -0.4 is 10.0 Å². The fourth-order valence-electron chi connectivity index (χ4n) is 3.90. The van der Waals surface area contributed by atoms with Gasteiger partial charge in [-0.15, -0.1) is 0 Å². The zero-order chi connectivity index (χ0) is 19.0. The van der Waals surface area contributed by atoms with Crippen molar-refractivity contribution in [3.63, 3.8) is 0 Å². The molecule has 0 radical (unpaired) electrons. The van der Waals surface area contributed by atoms with E-state index in [2.05, 4.69) is 14.9 Å². The molecule has 0 spiro atoms. The van der Waals surface area contributed by atoms with E-state index in [0.717, 1.165) is 32.5 Å². The zero-order valence-corrected chi connectivity index (χ0v) is 16.0. The lowest BCUT2D eigenvalue weighted by atomic mass is 9.84. The summed E-state index contributed by atoms with van der Waals surface area (Å²) in [5.41, 5.74) is 0.715. The number of amides is 1. The van der Waals surface area contributed by atoms with Gasteiger partial charge in [-0.1, -0.05) is 0 Å². The fraction of sp³-hybridized carbons (Fsp3) is 0.421. The van der Waals surface area contributed by atoms with E-state index in [-0.39, 0.29) is 22.6 Å². The van der Waals surface area contributed by atoms with Crippen LogP contribution in [0.2, 0.25) is 0 Å². The highest BCUT2D eigenvalue weighted by atomic mass is 32.2. The quantitative estimate of drug-likeness (QED) is 0.812. The number of furan rings is 1. The topological polar surface area (TPSA) is 91.6 Å². The molecule has 0 aliphatic carbocycles. The summed E-state index contributed by atoms with van der Waals surface area (Å²) in [7, 11) is -2.10. The maximum Gasteiger partial charge on any atom is 0.287 e. The number of nitrogens with zero attached hydrogens (tertiary/aromatic N) is 1. The van der Waals surface area contributed by atoms with E-state index in [9.17, 15) is 13.2 Å². The monoisotopic (exact) mass is 389 g/mol. The Hall–Kier alpha value is -2.16. The molecule has 3 saturated heterocycles. The van der Waals surface area contributed by atoms with E-state index >= 15 is 0 Å². The van der Waals surface area contributed by atoms with Crippen LogP contribution in [0.1, 0.15) is 23.4 Å². The number of carbonyl (C=O) groups excluding carboxylic acids is 1. The van der Waals surface area contributed by atoms with Gasteiger partial charge in [0.05, 0.1) is 4.90 Å². The standard InChI is InChI=1S/C19H23N3O4S/c1-20-27(24,25)15-4-2-14(3-5-15)17-6-7-18(26-17)19(23)21-16-12-22-10-8-13(16)9-11-22/h2-7,13,16,20H,8-12H2,1H3,(H,21,23). The first-order valence-electron chi connectivity index (χ1n) is 9.13. The molecule has 5 rings (SSSR count). The highest BCUT2D eigenvalue weighted by molar-refractivity contribution is 7.89. The number of carbonyl (C=O) groups is 1. The molecule has 1 aromatic heterocycles. The third-order valence-corrected chi connectivity index (χ3v) is 6.95. The molecule has 1 atom stereocenters. The first-order chi connectivity index (χ1) is 13.0. The molecule has 3 fully saturated rings. The number of sulfonamides is 1. The van der Waals surface area contributed by atoms with Crippen LogP contribution >= 0.6 is 0 Å². The van der Waals surface area contributed by atoms with Crippen molar-refractivity contribution in [2.24, 2.45) is 5.92 Å². The minimum atomic E-state index is -3.47. The van der Waals surface area contributed by atoms with E-state index in [1.54, 1.807) is 24.3 Å². The number of benzene rings is 1. The van der Waals surface area contributed by atoms with Gasteiger partial charge in [-0.05, 0) is 75.3 Å². The van der Waals surface area contributed by atoms with Crippen molar-refractivity contribution >= 4 is 15.9 Å². The highest BCUT2D eigenvalue weighted by Crippen LogP contribution is 2.28. The van der Waals surface area contributed by atoms with Gasteiger partial charge in [-0.25, -0.2) is 13.1 Å². The number of hydrogen-bond donors (Lipinski definition) is 2. The van der Waals surface area contributed by atoms with Crippen LogP contribution in [0.4, 0.5) is 0 Å². The molecule has 2 N–H and O–H groups in total. The molecule has 7 nitrogen and oxygen atoms in total. The van der Waals surface area contributed by atoms with Crippen LogP contribution in [0.5, 0.6) is 0 Å². The molecule has 1 unspecified atom stereocenters. The molecule has 3 aliphatic heterocycles. The van der Waals surface area contributed by atoms with Crippen LogP contribution in [0.25, 0.3) is 11.3 Å². The van der Waals surface area contributed by atoms with Crippen LogP contribution in [0.3, 0.4) is 0 Å². The van der Waals surface area contributed by atoms with Gasteiger partial charge in [0.1, 0.15) is 5.76 Å². The Kier molecular flexibility index (Phi) is 4.79. The zero-order valence-electron chi connectivity index (χ0n) is 15.1. The molecule has 1 aromatic carbocycles. The van der Waals surface area contributed by atoms with Gasteiger partial charge < -0.3 is 14.6 Å². The number of hydrogen-bond acceptors (Lipinski definition) is 5. The SMILES string of the molecule is CNS(=O)(=O)c1ccc(-c2ccc(C(=O)NC3CN4CCC3CC4)o2)cc1. The normalized spacial score (nSPS) is 24.7. The average molecular weight is 389 g/mol. The van der Waals surface area contributed by atoms with Crippen molar-refractivity contribution in [2.45, 2.75) is 23.8 Å². The lowest BCUT2D eigenvalue weighted by Gasteiger charge is -2.44. The highest BCUT2D eigenvalue weighted by Gasteiger charge is 2.35. The summed E-state index contributed by atoms with van der Waals surface area (Å²) >= 11 is 0. The fourth-order valence-corrected chi connectivity index (χ4v) is 4.63. The summed E-state index contributed by atoms with van der Waals surface area (Å²) in [6, 6.07) is 9.92. The maximum absolute atomic E-state index is 12.5. The lowest BCUT2D eigenvalue weighted by Crippen LogP contribution is -2.57. The van der Waals surface area contributed by atoms with Crippen LogP contribution in [-0.2, 0) is 10.0 Å². The third-order valence-electron chi connectivity index (χ3n) is 5.52. The van der Waals surface area contributed by atoms with Gasteiger partial charge in [0, 0.05) is 18.2 Å². The minimum Gasteiger partial charge on any atom is -0.451 e. The summed E-state index contributed by atoms with van der Waals surface area (Å²) < 4.78 is 31.6. The molecule has 2 bridgehead atoms. The predicted octanol–water partition coefficient (Wildman–Crippen LogP) is 1.68. The lowest BCUT2D eigenvalue weighted by molar-refractivity contribution is 0.0606. The predicted molar refractivity (Wildman–Crippen MR) is 101 cm³/mol. The number of nitrogens with one attached hydrogen (secondary N) is 2. The first-order valence-corrected chi connectivity index (χ1v) is 10.6. The van der Waals surface area contributed by atoms with Gasteiger partial charge >= 0.3 is 0 Å². The van der Waals surface area contributed by atoms with Gasteiger partial charge in [0.15, 0.2) is 5.76 Å². The minimum absolute atomic E-state index is 0.180. The van der Waals surface area contributed by atoms with Crippen molar-refractivity contribution in [1.82, 2.24) is 14.9 Å². The molecule has 1 amide bonds. The van der Waals surface area contributed by atoms with E-state index in [1.807, 2.05) is 0 Å². The van der Waals surface area contributed by atoms with Crippen LogP contribution in [0.15, 0.2) is 45.7 Å². The Labute approximate surface area is 158 Å². The van der Waals surface area contributed by atoms with E-state index < -0.39 is 10.0 Å². The van der Waals surface area contributed by atoms with Crippen molar-refractivity contribution in [2.75, 3.05) is 26.7 Å². The van der Waals surface area contributed by atoms with Crippen molar-refractivity contribution in [3.05, 3.63) is 42.2 Å². The Morgan fingerprint density at radius 3 is 2.41 bits per heavy atom. The second-order valence-electron chi connectivity index (χ2n) is 7.11. The number of rotatable bonds is 5. The smallest absolute Gasteiger partial charge is 0.287 e. The van der Waals surface area contributed by atoms with E-state index in [0.29, 0.717) is 17.2 Å². The largest absolute Gasteiger partial charge is 0.451 e. The van der Waals surface area contributed by atoms with E-state index in [1.165, 1.54) is 19.2 Å². The van der Waals surface area contributed by atoms with Gasteiger partial charge in [0.2, 0.25) is 10.0 Å². The number of fused-ring (bicyclic) bond motifs is 3. The van der Waals surface area contributed by atoms with E-state index in [4.69, 9.17) is 4.42 Å². The Morgan fingerprint density at radius 1 is 1.11 bits per heavy atom. The third kappa shape index (κ3) is 3.65. The van der Waals surface area contributed by atoms with Gasteiger partial charge in [-0.3, -0.25) is 4.79 Å². The second-order valence-corrected chi connectivity index (χ2v) is 9.00. The molecule has 4 heterocycles. The summed E-state index contributed by atoms with van der Waals surface area (Å²) in [6.07, 6.45) is 2.27. The number of piperidine rings is 3. The molecule has 2 aromatic rings. The summed E-state index contributed by atoms with van der Waals surface area (Å²) in [4.78, 5) is 15.1. The molecule has 27 heavy (non-hydrogen) atoms.